The van der Waals surface area contributed by atoms with Gasteiger partial charge in [-0.15, -0.1) is 0 Å². The number of hydrogen-bond donors (Lipinski definition) is 2. The molecule has 1 aliphatic heterocycles. The van der Waals surface area contributed by atoms with Gasteiger partial charge in [-0.3, -0.25) is 9.79 Å². The Morgan fingerprint density at radius 1 is 1.04 bits per heavy atom. The van der Waals surface area contributed by atoms with Crippen molar-refractivity contribution >= 4 is 23.5 Å². The molecule has 5 nitrogen and oxygen atoms in total. The molecular weight excluding hydrogens is 360 g/mol. The van der Waals surface area contributed by atoms with Crippen LogP contribution in [0.5, 0.6) is 0 Å². The van der Waals surface area contributed by atoms with Crippen molar-refractivity contribution in [3.05, 3.63) is 70.2 Å². The molecule has 1 fully saturated rings. The number of nitrogens with one attached hydrogen (secondary N) is 2. The summed E-state index contributed by atoms with van der Waals surface area (Å²) in [4.78, 5) is 18.1. The molecule has 0 saturated carbocycles. The van der Waals surface area contributed by atoms with Crippen molar-refractivity contribution in [2.24, 2.45) is 4.99 Å². The average molecular weight is 385 g/mol. The van der Waals surface area contributed by atoms with Crippen molar-refractivity contribution in [1.82, 2.24) is 15.5 Å². The van der Waals surface area contributed by atoms with Crippen molar-refractivity contribution in [2.75, 3.05) is 13.6 Å². The van der Waals surface area contributed by atoms with Gasteiger partial charge < -0.3 is 15.5 Å². The molecule has 27 heavy (non-hydrogen) atoms. The van der Waals surface area contributed by atoms with Gasteiger partial charge in [-0.2, -0.15) is 0 Å². The number of nitrogens with zero attached hydrogens (tertiary/aromatic N) is 2. The maximum atomic E-state index is 11.9. The smallest absolute Gasteiger partial charge is 0.222 e. The monoisotopic (exact) mass is 384 g/mol. The zero-order valence-corrected chi connectivity index (χ0v) is 16.3. The van der Waals surface area contributed by atoms with E-state index in [1.165, 1.54) is 5.56 Å². The number of amides is 1. The second kappa shape index (κ2) is 9.42. The van der Waals surface area contributed by atoms with Crippen LogP contribution in [0.3, 0.4) is 0 Å². The predicted octanol–water partition coefficient (Wildman–Crippen LogP) is 3.33. The van der Waals surface area contributed by atoms with E-state index in [0.29, 0.717) is 32.0 Å². The molecule has 0 aromatic heterocycles. The molecule has 0 aliphatic carbocycles. The highest BCUT2D eigenvalue weighted by molar-refractivity contribution is 6.31. The summed E-state index contributed by atoms with van der Waals surface area (Å²) in [5.74, 6) is 0.956. The van der Waals surface area contributed by atoms with Crippen LogP contribution in [0, 0.1) is 0 Å². The number of benzene rings is 2. The number of likely N-dealkylation sites (tertiary alicyclic amines) is 1. The summed E-state index contributed by atoms with van der Waals surface area (Å²) in [5, 5.41) is 7.37. The Labute approximate surface area is 165 Å². The minimum absolute atomic E-state index is 0.245. The van der Waals surface area contributed by atoms with Crippen molar-refractivity contribution in [3.8, 4) is 0 Å². The highest BCUT2D eigenvalue weighted by atomic mass is 35.5. The van der Waals surface area contributed by atoms with Gasteiger partial charge in [0.2, 0.25) is 5.91 Å². The van der Waals surface area contributed by atoms with Gasteiger partial charge in [0.15, 0.2) is 5.96 Å². The Hall–Kier alpha value is -2.53. The molecule has 142 valence electrons. The van der Waals surface area contributed by atoms with Crippen LogP contribution in [-0.4, -0.2) is 30.4 Å². The van der Waals surface area contributed by atoms with Crippen LogP contribution in [-0.2, 0) is 24.4 Å². The first-order chi connectivity index (χ1) is 13.2. The minimum atomic E-state index is 0.245. The second-order valence-electron chi connectivity index (χ2n) is 6.56. The molecule has 2 aromatic rings. The van der Waals surface area contributed by atoms with Crippen molar-refractivity contribution in [1.29, 1.82) is 0 Å². The van der Waals surface area contributed by atoms with Crippen LogP contribution in [0.25, 0.3) is 0 Å². The Kier molecular flexibility index (Phi) is 6.71. The highest BCUT2D eigenvalue weighted by Gasteiger charge is 2.20. The van der Waals surface area contributed by atoms with E-state index in [1.807, 2.05) is 41.3 Å². The van der Waals surface area contributed by atoms with Gasteiger partial charge in [-0.1, -0.05) is 54.1 Å². The highest BCUT2D eigenvalue weighted by Crippen LogP contribution is 2.17. The first kappa shape index (κ1) is 19.2. The van der Waals surface area contributed by atoms with E-state index in [2.05, 4.69) is 27.8 Å². The Morgan fingerprint density at radius 3 is 2.30 bits per heavy atom. The average Bonchev–Trinajstić information content (AvgIpc) is 3.09. The topological polar surface area (TPSA) is 56.7 Å². The number of carbonyl (C=O) groups is 1. The molecular formula is C21H25ClN4O. The van der Waals surface area contributed by atoms with Crippen LogP contribution in [0.15, 0.2) is 53.5 Å². The lowest BCUT2D eigenvalue weighted by Gasteiger charge is -2.19. The molecule has 1 saturated heterocycles. The number of guanidine groups is 1. The molecule has 6 heteroatoms. The lowest BCUT2D eigenvalue weighted by molar-refractivity contribution is -0.128. The lowest BCUT2D eigenvalue weighted by Crippen LogP contribution is -2.36. The molecule has 0 unspecified atom stereocenters. The zero-order chi connectivity index (χ0) is 19.1. The van der Waals surface area contributed by atoms with Gasteiger partial charge in [-0.25, -0.2) is 0 Å². The Morgan fingerprint density at radius 2 is 1.67 bits per heavy atom. The molecule has 1 heterocycles. The van der Waals surface area contributed by atoms with Crippen molar-refractivity contribution in [3.63, 3.8) is 0 Å². The number of aliphatic imine (C=N–C) groups is 1. The maximum absolute atomic E-state index is 11.9. The summed E-state index contributed by atoms with van der Waals surface area (Å²) >= 11 is 6.20. The third-order valence-corrected chi connectivity index (χ3v) is 5.09. The van der Waals surface area contributed by atoms with E-state index in [4.69, 9.17) is 11.6 Å². The molecule has 0 atom stereocenters. The molecule has 1 amide bonds. The second-order valence-corrected chi connectivity index (χ2v) is 6.97. The van der Waals surface area contributed by atoms with E-state index in [1.54, 1.807) is 7.05 Å². The SMILES string of the molecule is CN=C(NCc1ccccc1Cl)NCc1ccccc1CN1CCCC1=O. The van der Waals surface area contributed by atoms with Gasteiger partial charge in [0.1, 0.15) is 0 Å². The van der Waals surface area contributed by atoms with Gasteiger partial charge in [0.05, 0.1) is 0 Å². The van der Waals surface area contributed by atoms with E-state index in [-0.39, 0.29) is 5.91 Å². The summed E-state index contributed by atoms with van der Waals surface area (Å²) in [7, 11) is 1.75. The Bertz CT molecular complexity index is 821. The molecule has 2 N–H and O–H groups in total. The molecule has 0 radical (unpaired) electrons. The molecule has 0 spiro atoms. The lowest BCUT2D eigenvalue weighted by atomic mass is 10.1. The summed E-state index contributed by atoms with van der Waals surface area (Å²) < 4.78 is 0. The number of rotatable bonds is 6. The number of carbonyl (C=O) groups excluding carboxylic acids is 1. The van der Waals surface area contributed by atoms with Crippen LogP contribution in [0.4, 0.5) is 0 Å². The third-order valence-electron chi connectivity index (χ3n) is 4.72. The molecule has 2 aromatic carbocycles. The fourth-order valence-corrected chi connectivity index (χ4v) is 3.38. The standard InChI is InChI=1S/C21H25ClN4O/c1-23-21(25-14-17-8-4-5-10-19(17)22)24-13-16-7-2-3-9-18(16)15-26-12-6-11-20(26)27/h2-5,7-10H,6,11-15H2,1H3,(H2,23,24,25). The Balaban J connectivity index is 1.58. The van der Waals surface area contributed by atoms with E-state index < -0.39 is 0 Å². The van der Waals surface area contributed by atoms with Gasteiger partial charge in [0, 0.05) is 44.7 Å². The van der Waals surface area contributed by atoms with Crippen LogP contribution >= 0.6 is 11.6 Å². The summed E-state index contributed by atoms with van der Waals surface area (Å²) in [6.45, 7) is 2.76. The number of hydrogen-bond acceptors (Lipinski definition) is 2. The predicted molar refractivity (Wildman–Crippen MR) is 110 cm³/mol. The summed E-state index contributed by atoms with van der Waals surface area (Å²) in [6, 6.07) is 16.0. The third kappa shape index (κ3) is 5.23. The van der Waals surface area contributed by atoms with Gasteiger partial charge in [-0.05, 0) is 29.2 Å². The molecule has 0 bridgehead atoms. The molecule has 3 rings (SSSR count). The van der Waals surface area contributed by atoms with Crippen molar-refractivity contribution in [2.45, 2.75) is 32.5 Å². The fraction of sp³-hybridized carbons (Fsp3) is 0.333. The first-order valence-corrected chi connectivity index (χ1v) is 9.57. The van der Waals surface area contributed by atoms with E-state index >= 15 is 0 Å². The normalized spacial score (nSPS) is 14.5. The quantitative estimate of drug-likeness (QED) is 0.593. The zero-order valence-electron chi connectivity index (χ0n) is 15.5. The maximum Gasteiger partial charge on any atom is 0.222 e. The van der Waals surface area contributed by atoms with Gasteiger partial charge in [0.25, 0.3) is 0 Å². The number of halogens is 1. The van der Waals surface area contributed by atoms with E-state index in [9.17, 15) is 4.79 Å². The first-order valence-electron chi connectivity index (χ1n) is 9.20. The molecule has 1 aliphatic rings. The van der Waals surface area contributed by atoms with Crippen LogP contribution in [0.2, 0.25) is 5.02 Å². The minimum Gasteiger partial charge on any atom is -0.352 e. The fourth-order valence-electron chi connectivity index (χ4n) is 3.18. The van der Waals surface area contributed by atoms with Crippen LogP contribution < -0.4 is 10.6 Å². The summed E-state index contributed by atoms with van der Waals surface area (Å²) in [5.41, 5.74) is 3.36. The van der Waals surface area contributed by atoms with Crippen molar-refractivity contribution < 1.29 is 4.79 Å². The van der Waals surface area contributed by atoms with Crippen LogP contribution in [0.1, 0.15) is 29.5 Å². The summed E-state index contributed by atoms with van der Waals surface area (Å²) in [6.07, 6.45) is 1.62. The van der Waals surface area contributed by atoms with Gasteiger partial charge >= 0.3 is 0 Å². The largest absolute Gasteiger partial charge is 0.352 e. The van der Waals surface area contributed by atoms with E-state index in [0.717, 1.165) is 29.1 Å².